The maximum absolute atomic E-state index is 16.4. The van der Waals surface area contributed by atoms with Gasteiger partial charge >= 0.3 is 11.9 Å². The van der Waals surface area contributed by atoms with Crippen molar-refractivity contribution in [1.29, 1.82) is 0 Å². The first kappa shape index (κ1) is 27.1. The van der Waals surface area contributed by atoms with Crippen molar-refractivity contribution in [3.05, 3.63) is 53.1 Å². The largest absolute Gasteiger partial charge is 0.481 e. The van der Waals surface area contributed by atoms with E-state index < -0.39 is 47.8 Å². The minimum Gasteiger partial charge on any atom is -0.481 e. The molecule has 1 atom stereocenters. The Labute approximate surface area is 223 Å². The molecule has 3 aromatic rings. The molecule has 1 aromatic heterocycles. The van der Waals surface area contributed by atoms with E-state index in [0.717, 1.165) is 11.6 Å². The number of carbonyl (C=O) groups is 2. The fourth-order valence-electron chi connectivity index (χ4n) is 5.31. The number of carbonyl (C=O) groups excluding carboxylic acids is 1. The zero-order valence-electron chi connectivity index (χ0n) is 21.5. The number of likely N-dealkylation sites (tertiary alicyclic amines) is 1. The van der Waals surface area contributed by atoms with Gasteiger partial charge in [0.25, 0.3) is 6.01 Å². The van der Waals surface area contributed by atoms with Crippen LogP contribution in [-0.4, -0.2) is 51.9 Å². The lowest BCUT2D eigenvalue weighted by molar-refractivity contribution is -0.252. The highest BCUT2D eigenvalue weighted by Gasteiger charge is 2.48. The number of alkyl halides is 1. The number of hydrogen-bond acceptors (Lipinski definition) is 7. The maximum Gasteiger partial charge on any atom is 0.330 e. The number of anilines is 2. The molecule has 11 heteroatoms. The Kier molecular flexibility index (Phi) is 7.64. The first-order valence-electron chi connectivity index (χ1n) is 13.1. The predicted molar refractivity (Wildman–Crippen MR) is 136 cm³/mol. The Morgan fingerprint density at radius 1 is 1.15 bits per heavy atom. The zero-order chi connectivity index (χ0) is 27.7. The summed E-state index contributed by atoms with van der Waals surface area (Å²) in [6, 6.07) is 6.63. The number of Topliss-reactive ketones (excluding diaryl/α,β-unsaturated/α-hetero) is 1. The van der Waals surface area contributed by atoms with Gasteiger partial charge in [-0.3, -0.25) is 9.59 Å². The van der Waals surface area contributed by atoms with Gasteiger partial charge in [-0.15, -0.1) is 0 Å². The number of ether oxygens (including phenoxy) is 1. The number of nitrogens with zero attached hydrogens (tertiary/aromatic N) is 2. The summed E-state index contributed by atoms with van der Waals surface area (Å²) in [6.07, 6.45) is 1.76. The van der Waals surface area contributed by atoms with Crippen molar-refractivity contribution in [2.24, 2.45) is 5.92 Å². The average molecular weight is 546 g/mol. The molecule has 1 aliphatic heterocycles. The van der Waals surface area contributed by atoms with Gasteiger partial charge in [-0.05, 0) is 80.8 Å². The number of carboxylic acids is 1. The third kappa shape index (κ3) is 5.79. The van der Waals surface area contributed by atoms with Gasteiger partial charge in [0.15, 0.2) is 11.4 Å². The number of nitrogens with one attached hydrogen (secondary N) is 1. The monoisotopic (exact) mass is 545 g/mol. The van der Waals surface area contributed by atoms with Crippen LogP contribution in [0.3, 0.4) is 0 Å². The lowest BCUT2D eigenvalue weighted by Gasteiger charge is -2.37. The molecule has 5 rings (SSSR count). The van der Waals surface area contributed by atoms with Crippen LogP contribution in [0.4, 0.5) is 24.9 Å². The predicted octanol–water partition coefficient (Wildman–Crippen LogP) is 5.65. The van der Waals surface area contributed by atoms with Gasteiger partial charge in [0.2, 0.25) is 5.78 Å². The first-order valence-corrected chi connectivity index (χ1v) is 13.1. The molecular weight excluding hydrogens is 515 g/mol. The molecule has 1 aliphatic carbocycles. The normalized spacial score (nSPS) is 21.6. The molecule has 39 heavy (non-hydrogen) atoms. The van der Waals surface area contributed by atoms with E-state index in [0.29, 0.717) is 57.3 Å². The van der Waals surface area contributed by atoms with Crippen LogP contribution in [0.1, 0.15) is 49.7 Å². The molecule has 1 saturated heterocycles. The van der Waals surface area contributed by atoms with Crippen molar-refractivity contribution in [2.45, 2.75) is 64.0 Å². The van der Waals surface area contributed by atoms with Crippen molar-refractivity contribution in [3.63, 3.8) is 0 Å². The Morgan fingerprint density at radius 3 is 2.56 bits per heavy atom. The molecule has 208 valence electrons. The highest BCUT2D eigenvalue weighted by molar-refractivity contribution is 5.88. The molecule has 0 radical (unpaired) electrons. The van der Waals surface area contributed by atoms with Gasteiger partial charge in [0, 0.05) is 25.2 Å². The number of aliphatic carboxylic acids is 1. The lowest BCUT2D eigenvalue weighted by Crippen LogP contribution is -2.54. The summed E-state index contributed by atoms with van der Waals surface area (Å²) in [6.45, 7) is 2.45. The van der Waals surface area contributed by atoms with Crippen molar-refractivity contribution in [2.75, 3.05) is 18.4 Å². The van der Waals surface area contributed by atoms with Crippen molar-refractivity contribution in [3.8, 4) is 0 Å². The molecular formula is C28H30F3N3O5. The molecule has 0 amide bonds. The molecule has 1 unspecified atom stereocenters. The number of rotatable bonds is 9. The number of benzene rings is 2. The quantitative estimate of drug-likeness (QED) is 0.333. The van der Waals surface area contributed by atoms with Gasteiger partial charge in [-0.25, -0.2) is 13.7 Å². The van der Waals surface area contributed by atoms with Gasteiger partial charge in [-0.1, -0.05) is 6.07 Å². The van der Waals surface area contributed by atoms with Crippen molar-refractivity contribution in [1.82, 2.24) is 9.88 Å². The second kappa shape index (κ2) is 11.0. The van der Waals surface area contributed by atoms with Gasteiger partial charge in [0.1, 0.15) is 11.3 Å². The van der Waals surface area contributed by atoms with Crippen LogP contribution in [0, 0.1) is 24.5 Å². The number of hydrogen-bond donors (Lipinski definition) is 2. The van der Waals surface area contributed by atoms with Crippen LogP contribution >= 0.6 is 0 Å². The van der Waals surface area contributed by atoms with Crippen LogP contribution < -0.4 is 5.32 Å². The van der Waals surface area contributed by atoms with E-state index in [4.69, 9.17) is 9.15 Å². The minimum atomic E-state index is -2.70. The smallest absolute Gasteiger partial charge is 0.330 e. The van der Waals surface area contributed by atoms with Crippen LogP contribution in [0.2, 0.25) is 0 Å². The minimum absolute atomic E-state index is 0.0490. The van der Waals surface area contributed by atoms with Crippen LogP contribution in [0.25, 0.3) is 11.1 Å². The maximum atomic E-state index is 16.4. The summed E-state index contributed by atoms with van der Waals surface area (Å²) < 4.78 is 56.4. The van der Waals surface area contributed by atoms with Gasteiger partial charge < -0.3 is 19.6 Å². The van der Waals surface area contributed by atoms with Crippen LogP contribution in [0.15, 0.2) is 34.7 Å². The van der Waals surface area contributed by atoms with E-state index in [2.05, 4.69) is 10.3 Å². The summed E-state index contributed by atoms with van der Waals surface area (Å²) in [5, 5.41) is 12.1. The van der Waals surface area contributed by atoms with Gasteiger partial charge in [-0.2, -0.15) is 9.37 Å². The fraction of sp³-hybridized carbons (Fsp3) is 0.464. The third-order valence-corrected chi connectivity index (χ3v) is 7.52. The Bertz CT molecular complexity index is 1380. The van der Waals surface area contributed by atoms with Crippen molar-refractivity contribution >= 4 is 34.6 Å². The Hall–Kier alpha value is -3.44. The summed E-state index contributed by atoms with van der Waals surface area (Å²) >= 11 is 0. The molecule has 2 N–H and O–H groups in total. The topological polar surface area (TPSA) is 105 Å². The van der Waals surface area contributed by atoms with Crippen molar-refractivity contribution < 1.29 is 37.0 Å². The number of fused-ring (bicyclic) bond motifs is 1. The number of ketones is 1. The van der Waals surface area contributed by atoms with E-state index in [9.17, 15) is 23.5 Å². The van der Waals surface area contributed by atoms with E-state index in [1.54, 1.807) is 13.0 Å². The Balaban J connectivity index is 1.35. The molecule has 1 saturated carbocycles. The lowest BCUT2D eigenvalue weighted by atomic mass is 9.87. The third-order valence-electron chi connectivity index (χ3n) is 7.52. The van der Waals surface area contributed by atoms with Crippen LogP contribution in [-0.2, 0) is 20.7 Å². The summed E-state index contributed by atoms with van der Waals surface area (Å²) in [4.78, 5) is 30.1. The first-order chi connectivity index (χ1) is 18.6. The number of halogens is 3. The number of carboxylic acid groups (broad SMARTS) is 1. The molecule has 2 fully saturated rings. The zero-order valence-corrected chi connectivity index (χ0v) is 21.5. The summed E-state index contributed by atoms with van der Waals surface area (Å²) in [7, 11) is 0. The summed E-state index contributed by atoms with van der Waals surface area (Å²) in [5.74, 6) is -6.16. The number of oxazole rings is 1. The van der Waals surface area contributed by atoms with E-state index in [-0.39, 0.29) is 22.7 Å². The number of aromatic nitrogens is 1. The average Bonchev–Trinajstić information content (AvgIpc) is 3.57. The highest BCUT2D eigenvalue weighted by atomic mass is 19.2. The summed E-state index contributed by atoms with van der Waals surface area (Å²) in [5.41, 5.74) is 1.28. The Morgan fingerprint density at radius 2 is 1.87 bits per heavy atom. The van der Waals surface area contributed by atoms with E-state index in [1.807, 2.05) is 0 Å². The second-order valence-corrected chi connectivity index (χ2v) is 10.3. The van der Waals surface area contributed by atoms with Gasteiger partial charge in [0.05, 0.1) is 12.0 Å². The van der Waals surface area contributed by atoms with E-state index >= 15 is 4.39 Å². The molecule has 2 heterocycles. The van der Waals surface area contributed by atoms with E-state index in [1.165, 1.54) is 23.1 Å². The molecule has 0 bridgehead atoms. The van der Waals surface area contributed by atoms with Crippen LogP contribution in [0.5, 0.6) is 0 Å². The molecule has 8 nitrogen and oxygen atoms in total. The number of aryl methyl sites for hydroxylation is 1. The molecule has 2 aromatic carbocycles. The second-order valence-electron chi connectivity index (χ2n) is 10.3. The fourth-order valence-corrected chi connectivity index (χ4v) is 5.31. The SMILES string of the molecule is Cc1ccc(F)cc1Nc1nc2c(F)cc(CC(=O)C(F)(OC3CCC(C(=O)O)CC3)N3CCCC3)cc2o1. The molecule has 2 aliphatic rings. The standard InChI is InChI=1S/C28H30F3N3O5/c1-16-4-7-19(29)15-22(16)32-27-33-25-21(30)12-17(13-23(25)38-27)14-24(35)28(31,34-10-2-3-11-34)39-20-8-5-18(6-9-20)26(36)37/h4,7,12-13,15,18,20H,2-3,5-6,8-11,14H2,1H3,(H,32,33)(H,36,37). The highest BCUT2D eigenvalue weighted by Crippen LogP contribution is 2.35. The molecule has 0 spiro atoms.